The van der Waals surface area contributed by atoms with Gasteiger partial charge in [0.2, 0.25) is 0 Å². The lowest BCUT2D eigenvalue weighted by Crippen LogP contribution is -2.37. The fourth-order valence-electron chi connectivity index (χ4n) is 5.81. The Hall–Kier alpha value is -0.420. The molecule has 0 aromatic heterocycles. The predicted octanol–water partition coefficient (Wildman–Crippen LogP) is 4.48. The molecule has 2 saturated carbocycles. The second kappa shape index (κ2) is 9.16. The van der Waals surface area contributed by atoms with Gasteiger partial charge < -0.3 is 18.9 Å². The van der Waals surface area contributed by atoms with Crippen LogP contribution < -0.4 is 0 Å². The minimum absolute atomic E-state index is 0.372. The Morgan fingerprint density at radius 1 is 0.643 bits per heavy atom. The molecule has 0 bridgehead atoms. The molecule has 4 fully saturated rings. The lowest BCUT2D eigenvalue weighted by Gasteiger charge is -2.39. The summed E-state index contributed by atoms with van der Waals surface area (Å²) >= 11 is 0. The number of ether oxygens (including phenoxy) is 4. The van der Waals surface area contributed by atoms with Crippen molar-refractivity contribution in [1.29, 1.82) is 0 Å². The quantitative estimate of drug-likeness (QED) is 0.451. The third-order valence-electron chi connectivity index (χ3n) is 7.35. The van der Waals surface area contributed by atoms with Gasteiger partial charge in [-0.25, -0.2) is 0 Å². The van der Waals surface area contributed by atoms with Crippen molar-refractivity contribution in [1.82, 2.24) is 0 Å². The molecule has 4 nitrogen and oxygen atoms in total. The molecule has 0 aromatic rings. The maximum Gasteiger partial charge on any atom is 0.104 e. The average Bonchev–Trinajstić information content (AvgIpc) is 3.53. The zero-order valence-electron chi connectivity index (χ0n) is 18.2. The van der Waals surface area contributed by atoms with E-state index in [1.807, 2.05) is 0 Å². The average molecular weight is 393 g/mol. The highest BCUT2D eigenvalue weighted by molar-refractivity contribution is 5.00. The summed E-state index contributed by atoms with van der Waals surface area (Å²) in [6, 6.07) is 0. The Labute approximate surface area is 171 Å². The first-order chi connectivity index (χ1) is 13.5. The van der Waals surface area contributed by atoms with E-state index in [0.717, 1.165) is 26.4 Å². The van der Waals surface area contributed by atoms with Crippen LogP contribution in [0.1, 0.15) is 53.4 Å². The topological polar surface area (TPSA) is 43.5 Å². The van der Waals surface area contributed by atoms with Gasteiger partial charge in [-0.05, 0) is 61.2 Å². The fraction of sp³-hybridized carbons (Fsp3) is 0.917. The molecule has 4 heteroatoms. The highest BCUT2D eigenvalue weighted by Gasteiger charge is 2.36. The van der Waals surface area contributed by atoms with Crippen LogP contribution in [-0.2, 0) is 18.9 Å². The van der Waals surface area contributed by atoms with Crippen molar-refractivity contribution in [3.63, 3.8) is 0 Å². The first-order valence-electron chi connectivity index (χ1n) is 11.6. The molecule has 6 atom stereocenters. The number of rotatable bonds is 8. The molecule has 2 saturated heterocycles. The highest BCUT2D eigenvalue weighted by Crippen LogP contribution is 2.39. The molecule has 4 rings (SSSR count). The highest BCUT2D eigenvalue weighted by atomic mass is 16.6. The van der Waals surface area contributed by atoms with E-state index in [4.69, 9.17) is 18.9 Å². The van der Waals surface area contributed by atoms with E-state index in [1.54, 1.807) is 0 Å². The fourth-order valence-corrected chi connectivity index (χ4v) is 5.81. The first kappa shape index (κ1) is 20.8. The van der Waals surface area contributed by atoms with Crippen LogP contribution in [0.4, 0.5) is 0 Å². The summed E-state index contributed by atoms with van der Waals surface area (Å²) < 4.78 is 23.0. The molecule has 28 heavy (non-hydrogen) atoms. The molecule has 4 aliphatic rings. The first-order valence-corrected chi connectivity index (χ1v) is 11.6. The molecule has 0 N–H and O–H groups in total. The molecule has 0 amide bonds. The second-order valence-electron chi connectivity index (χ2n) is 10.3. The van der Waals surface area contributed by atoms with Crippen LogP contribution in [0.5, 0.6) is 0 Å². The Morgan fingerprint density at radius 2 is 0.964 bits per heavy atom. The predicted molar refractivity (Wildman–Crippen MR) is 110 cm³/mol. The van der Waals surface area contributed by atoms with Gasteiger partial charge in [-0.2, -0.15) is 0 Å². The summed E-state index contributed by atoms with van der Waals surface area (Å²) in [4.78, 5) is 0. The minimum atomic E-state index is 0.372. The van der Waals surface area contributed by atoms with E-state index in [1.165, 1.54) is 25.7 Å². The van der Waals surface area contributed by atoms with Crippen molar-refractivity contribution in [2.24, 2.45) is 35.5 Å². The van der Waals surface area contributed by atoms with Gasteiger partial charge >= 0.3 is 0 Å². The summed E-state index contributed by atoms with van der Waals surface area (Å²) in [7, 11) is 0. The van der Waals surface area contributed by atoms with Crippen LogP contribution in [0.25, 0.3) is 0 Å². The van der Waals surface area contributed by atoms with Crippen molar-refractivity contribution < 1.29 is 18.9 Å². The van der Waals surface area contributed by atoms with Gasteiger partial charge in [-0.3, -0.25) is 0 Å². The molecule has 0 spiro atoms. The van der Waals surface area contributed by atoms with Gasteiger partial charge in [0.15, 0.2) is 0 Å². The lowest BCUT2D eigenvalue weighted by molar-refractivity contribution is -0.0519. The van der Waals surface area contributed by atoms with Gasteiger partial charge in [0.25, 0.3) is 0 Å². The minimum Gasteiger partial charge on any atom is -0.375 e. The largest absolute Gasteiger partial charge is 0.375 e. The molecule has 160 valence electrons. The number of epoxide rings is 2. The van der Waals surface area contributed by atoms with Gasteiger partial charge in [-0.15, -0.1) is 0 Å². The summed E-state index contributed by atoms with van der Waals surface area (Å²) in [5, 5.41) is 0. The third kappa shape index (κ3) is 5.59. The van der Waals surface area contributed by atoms with Crippen molar-refractivity contribution in [3.05, 3.63) is 12.2 Å². The van der Waals surface area contributed by atoms with E-state index in [9.17, 15) is 0 Å². The third-order valence-corrected chi connectivity index (χ3v) is 7.35. The van der Waals surface area contributed by atoms with E-state index in [2.05, 4.69) is 39.8 Å². The van der Waals surface area contributed by atoms with Crippen molar-refractivity contribution >= 4 is 0 Å². The number of allylic oxidation sites excluding steroid dienone is 2. The SMILES string of the molecule is CC1CC(C=CC2CC(C)C(OCC3CO3)C(C)C2)CC(C)C1OCC1CO1. The van der Waals surface area contributed by atoms with E-state index in [-0.39, 0.29) is 0 Å². The Kier molecular flexibility index (Phi) is 6.81. The molecule has 2 aliphatic carbocycles. The monoisotopic (exact) mass is 392 g/mol. The van der Waals surface area contributed by atoms with Gasteiger partial charge in [0, 0.05) is 0 Å². The summed E-state index contributed by atoms with van der Waals surface area (Å²) in [6.45, 7) is 12.8. The van der Waals surface area contributed by atoms with Gasteiger partial charge in [0.1, 0.15) is 12.2 Å². The van der Waals surface area contributed by atoms with E-state index < -0.39 is 0 Å². The summed E-state index contributed by atoms with van der Waals surface area (Å²) in [6.07, 6.45) is 11.6. The maximum atomic E-state index is 6.19. The molecular formula is C24H40O4. The Morgan fingerprint density at radius 3 is 1.25 bits per heavy atom. The molecule has 2 aliphatic heterocycles. The molecule has 0 radical (unpaired) electrons. The zero-order valence-corrected chi connectivity index (χ0v) is 18.2. The zero-order chi connectivity index (χ0) is 19.7. The van der Waals surface area contributed by atoms with E-state index >= 15 is 0 Å². The molecule has 2 heterocycles. The van der Waals surface area contributed by atoms with Crippen molar-refractivity contribution in [2.45, 2.75) is 77.8 Å². The molecular weight excluding hydrogens is 352 g/mol. The summed E-state index contributed by atoms with van der Waals surface area (Å²) in [5.41, 5.74) is 0. The van der Waals surface area contributed by atoms with Gasteiger partial charge in [0.05, 0.1) is 38.6 Å². The van der Waals surface area contributed by atoms with Crippen LogP contribution in [0.3, 0.4) is 0 Å². The standard InChI is InChI=1S/C24H40O4/c1-15-7-19(8-16(2)23(15)27-13-21-11-25-21)5-6-20-9-17(3)24(18(4)10-20)28-14-22-12-26-22/h5-6,15-24H,7-14H2,1-4H3. The normalized spacial score (nSPS) is 48.7. The van der Waals surface area contributed by atoms with Gasteiger partial charge in [-0.1, -0.05) is 39.8 Å². The van der Waals surface area contributed by atoms with Crippen molar-refractivity contribution in [3.8, 4) is 0 Å². The maximum absolute atomic E-state index is 6.19. The smallest absolute Gasteiger partial charge is 0.104 e. The number of hydrogen-bond donors (Lipinski definition) is 0. The lowest BCUT2D eigenvalue weighted by atomic mass is 9.72. The summed E-state index contributed by atoms with van der Waals surface area (Å²) in [5.74, 6) is 3.92. The van der Waals surface area contributed by atoms with Crippen LogP contribution in [-0.4, -0.2) is 50.8 Å². The Bertz CT molecular complexity index is 457. The molecule has 6 unspecified atom stereocenters. The van der Waals surface area contributed by atoms with Crippen LogP contribution in [0.15, 0.2) is 12.2 Å². The van der Waals surface area contributed by atoms with Crippen LogP contribution >= 0.6 is 0 Å². The molecule has 0 aromatic carbocycles. The van der Waals surface area contributed by atoms with E-state index in [0.29, 0.717) is 59.9 Å². The van der Waals surface area contributed by atoms with Crippen LogP contribution in [0.2, 0.25) is 0 Å². The Balaban J connectivity index is 1.23. The van der Waals surface area contributed by atoms with Crippen molar-refractivity contribution in [2.75, 3.05) is 26.4 Å². The van der Waals surface area contributed by atoms with Crippen LogP contribution in [0, 0.1) is 35.5 Å². The second-order valence-corrected chi connectivity index (χ2v) is 10.3. The number of hydrogen-bond acceptors (Lipinski definition) is 4.